The van der Waals surface area contributed by atoms with Gasteiger partial charge in [0.2, 0.25) is 5.91 Å². The molecule has 180 valence electrons. The molecular weight excluding hydrogens is 451 g/mol. The average Bonchev–Trinajstić information content (AvgIpc) is 3.20. The van der Waals surface area contributed by atoms with E-state index in [0.717, 1.165) is 76.0 Å². The van der Waals surface area contributed by atoms with Crippen molar-refractivity contribution in [1.29, 1.82) is 0 Å². The van der Waals surface area contributed by atoms with Crippen LogP contribution in [0.2, 0.25) is 0 Å². The number of para-hydroxylation sites is 1. The van der Waals surface area contributed by atoms with E-state index >= 15 is 0 Å². The van der Waals surface area contributed by atoms with Crippen LogP contribution in [0.1, 0.15) is 56.8 Å². The van der Waals surface area contributed by atoms with Gasteiger partial charge in [-0.1, -0.05) is 30.3 Å². The Labute approximate surface area is 196 Å². The number of nitrogens with zero attached hydrogens (tertiary/aromatic N) is 5. The molecule has 33 heavy (non-hydrogen) atoms. The van der Waals surface area contributed by atoms with Gasteiger partial charge in [-0.05, 0) is 64.3 Å². The summed E-state index contributed by atoms with van der Waals surface area (Å²) in [5.74, 6) is 0.582. The lowest BCUT2D eigenvalue weighted by atomic mass is 10.0. The molecule has 4 rings (SSSR count). The highest BCUT2D eigenvalue weighted by Crippen LogP contribution is 2.36. The lowest BCUT2D eigenvalue weighted by molar-refractivity contribution is -0.137. The predicted octanol–water partition coefficient (Wildman–Crippen LogP) is 4.77. The number of alkyl halides is 3. The second-order valence-corrected chi connectivity index (χ2v) is 9.75. The molecule has 1 atom stereocenters. The van der Waals surface area contributed by atoms with Gasteiger partial charge in [0.1, 0.15) is 0 Å². The van der Waals surface area contributed by atoms with Crippen LogP contribution in [0.3, 0.4) is 0 Å². The Bertz CT molecular complexity index is 958. The molecular formula is C23H30F3N5OS. The summed E-state index contributed by atoms with van der Waals surface area (Å²) in [5, 5.41) is 8.82. The van der Waals surface area contributed by atoms with Gasteiger partial charge >= 0.3 is 6.18 Å². The first-order chi connectivity index (χ1) is 15.8. The fourth-order valence-corrected chi connectivity index (χ4v) is 5.49. The monoisotopic (exact) mass is 481 g/mol. The summed E-state index contributed by atoms with van der Waals surface area (Å²) in [6.07, 6.45) is 1.86. The number of aromatic nitrogens is 3. The van der Waals surface area contributed by atoms with E-state index in [1.807, 2.05) is 11.8 Å². The van der Waals surface area contributed by atoms with Crippen molar-refractivity contribution in [2.45, 2.75) is 69.4 Å². The van der Waals surface area contributed by atoms with Crippen molar-refractivity contribution >= 4 is 17.7 Å². The maximum Gasteiger partial charge on any atom is 0.418 e. The van der Waals surface area contributed by atoms with E-state index in [2.05, 4.69) is 15.1 Å². The summed E-state index contributed by atoms with van der Waals surface area (Å²) < 4.78 is 43.0. The summed E-state index contributed by atoms with van der Waals surface area (Å²) in [6, 6.07) is 5.68. The molecule has 2 aromatic rings. The molecule has 1 amide bonds. The molecule has 2 aliphatic heterocycles. The van der Waals surface area contributed by atoms with E-state index in [-0.39, 0.29) is 23.4 Å². The summed E-state index contributed by atoms with van der Waals surface area (Å²) in [6.45, 7) is 4.98. The fourth-order valence-electron chi connectivity index (χ4n) is 4.64. The third kappa shape index (κ3) is 5.71. The lowest BCUT2D eigenvalue weighted by Crippen LogP contribution is -2.43. The molecule has 10 heteroatoms. The van der Waals surface area contributed by atoms with Gasteiger partial charge in [0, 0.05) is 12.6 Å². The quantitative estimate of drug-likeness (QED) is 0.557. The lowest BCUT2D eigenvalue weighted by Gasteiger charge is -2.33. The van der Waals surface area contributed by atoms with E-state index in [9.17, 15) is 18.0 Å². The van der Waals surface area contributed by atoms with Crippen LogP contribution in [-0.4, -0.2) is 61.9 Å². The Hall–Kier alpha value is -2.07. The van der Waals surface area contributed by atoms with Crippen LogP contribution >= 0.6 is 11.8 Å². The zero-order chi connectivity index (χ0) is 23.4. The van der Waals surface area contributed by atoms with Gasteiger partial charge in [-0.2, -0.15) is 13.2 Å². The third-order valence-electron chi connectivity index (χ3n) is 6.41. The van der Waals surface area contributed by atoms with Crippen LogP contribution in [0.4, 0.5) is 13.2 Å². The van der Waals surface area contributed by atoms with Crippen LogP contribution < -0.4 is 0 Å². The van der Waals surface area contributed by atoms with E-state index in [1.54, 1.807) is 6.07 Å². The number of likely N-dealkylation sites (tertiary alicyclic amines) is 2. The van der Waals surface area contributed by atoms with Crippen molar-refractivity contribution in [3.63, 3.8) is 0 Å². The molecule has 0 N–H and O–H groups in total. The normalized spacial score (nSPS) is 20.2. The first-order valence-electron chi connectivity index (χ1n) is 11.6. The molecule has 1 aromatic heterocycles. The third-order valence-corrected chi connectivity index (χ3v) is 7.33. The van der Waals surface area contributed by atoms with Crippen molar-refractivity contribution in [3.05, 3.63) is 35.7 Å². The minimum Gasteiger partial charge on any atom is -0.339 e. The number of hydrogen-bond donors (Lipinski definition) is 0. The van der Waals surface area contributed by atoms with E-state index in [0.29, 0.717) is 17.5 Å². The minimum absolute atomic E-state index is 0.00305. The molecule has 0 radical (unpaired) electrons. The Morgan fingerprint density at radius 3 is 2.52 bits per heavy atom. The summed E-state index contributed by atoms with van der Waals surface area (Å²) >= 11 is 1.16. The molecule has 2 aliphatic rings. The van der Waals surface area contributed by atoms with E-state index in [1.165, 1.54) is 16.7 Å². The highest BCUT2D eigenvalue weighted by atomic mass is 32.2. The van der Waals surface area contributed by atoms with Gasteiger partial charge in [0.25, 0.3) is 0 Å². The first kappa shape index (κ1) is 24.1. The van der Waals surface area contributed by atoms with E-state index in [4.69, 9.17) is 0 Å². The van der Waals surface area contributed by atoms with Crippen molar-refractivity contribution in [1.82, 2.24) is 24.6 Å². The number of rotatable bonds is 6. The molecule has 2 fully saturated rings. The highest BCUT2D eigenvalue weighted by Gasteiger charge is 2.35. The Balaban J connectivity index is 1.63. The standard InChI is InChI=1S/C23H30F3N5OS/c1-17-9-5-8-14-30(17)21(32)16-33-22-28-27-20(15-29-12-6-2-7-13-29)31(22)19-11-4-3-10-18(19)23(24,25)26/h3-4,10-11,17H,2,5-9,12-16H2,1H3. The average molecular weight is 482 g/mol. The molecule has 6 nitrogen and oxygen atoms in total. The number of piperidine rings is 2. The number of hydrogen-bond acceptors (Lipinski definition) is 5. The van der Waals surface area contributed by atoms with Gasteiger partial charge in [-0.25, -0.2) is 0 Å². The molecule has 3 heterocycles. The fraction of sp³-hybridized carbons (Fsp3) is 0.609. The van der Waals surface area contributed by atoms with Crippen molar-refractivity contribution < 1.29 is 18.0 Å². The number of thioether (sulfide) groups is 1. The highest BCUT2D eigenvalue weighted by molar-refractivity contribution is 7.99. The first-order valence-corrected chi connectivity index (χ1v) is 12.6. The zero-order valence-corrected chi connectivity index (χ0v) is 19.7. The largest absolute Gasteiger partial charge is 0.418 e. The maximum atomic E-state index is 13.8. The number of carbonyl (C=O) groups excluding carboxylic acids is 1. The van der Waals surface area contributed by atoms with Gasteiger partial charge in [0.15, 0.2) is 11.0 Å². The van der Waals surface area contributed by atoms with Crippen molar-refractivity contribution in [2.75, 3.05) is 25.4 Å². The molecule has 2 saturated heterocycles. The Kier molecular flexibility index (Phi) is 7.63. The number of carbonyl (C=O) groups is 1. The van der Waals surface area contributed by atoms with Crippen molar-refractivity contribution in [3.8, 4) is 5.69 Å². The second-order valence-electron chi connectivity index (χ2n) is 8.81. The molecule has 0 bridgehead atoms. The maximum absolute atomic E-state index is 13.8. The molecule has 1 aromatic carbocycles. The number of amides is 1. The number of benzene rings is 1. The molecule has 0 spiro atoms. The van der Waals surface area contributed by atoms with Crippen LogP contribution in [0.5, 0.6) is 0 Å². The van der Waals surface area contributed by atoms with Crippen LogP contribution in [0, 0.1) is 0 Å². The Morgan fingerprint density at radius 2 is 1.79 bits per heavy atom. The molecule has 1 unspecified atom stereocenters. The molecule has 0 aliphatic carbocycles. The predicted molar refractivity (Wildman–Crippen MR) is 121 cm³/mol. The van der Waals surface area contributed by atoms with Gasteiger partial charge in [-0.15, -0.1) is 10.2 Å². The van der Waals surface area contributed by atoms with Gasteiger partial charge in [0.05, 0.1) is 23.5 Å². The molecule has 0 saturated carbocycles. The minimum atomic E-state index is -4.51. The van der Waals surface area contributed by atoms with Crippen LogP contribution in [0.15, 0.2) is 29.4 Å². The topological polar surface area (TPSA) is 54.3 Å². The van der Waals surface area contributed by atoms with Crippen LogP contribution in [-0.2, 0) is 17.5 Å². The SMILES string of the molecule is CC1CCCCN1C(=O)CSc1nnc(CN2CCCCC2)n1-c1ccccc1C(F)(F)F. The summed E-state index contributed by atoms with van der Waals surface area (Å²) in [7, 11) is 0. The van der Waals surface area contributed by atoms with Gasteiger partial charge < -0.3 is 4.90 Å². The smallest absolute Gasteiger partial charge is 0.339 e. The summed E-state index contributed by atoms with van der Waals surface area (Å²) in [4.78, 5) is 16.9. The zero-order valence-electron chi connectivity index (χ0n) is 18.9. The van der Waals surface area contributed by atoms with Crippen molar-refractivity contribution in [2.24, 2.45) is 0 Å². The van der Waals surface area contributed by atoms with Gasteiger partial charge in [-0.3, -0.25) is 14.3 Å². The number of halogens is 3. The summed E-state index contributed by atoms with van der Waals surface area (Å²) in [5.41, 5.74) is -0.731. The second kappa shape index (κ2) is 10.5. The Morgan fingerprint density at radius 1 is 1.06 bits per heavy atom. The van der Waals surface area contributed by atoms with E-state index < -0.39 is 11.7 Å². The van der Waals surface area contributed by atoms with Crippen LogP contribution in [0.25, 0.3) is 5.69 Å².